The van der Waals surface area contributed by atoms with Crippen molar-refractivity contribution in [1.82, 2.24) is 9.80 Å². The van der Waals surface area contributed by atoms with Crippen molar-refractivity contribution >= 4 is 11.8 Å². The first-order valence-corrected chi connectivity index (χ1v) is 10.3. The van der Waals surface area contributed by atoms with E-state index in [-0.39, 0.29) is 22.8 Å². The van der Waals surface area contributed by atoms with Gasteiger partial charge in [-0.15, -0.1) is 0 Å². The molecule has 2 aliphatic rings. The van der Waals surface area contributed by atoms with Crippen LogP contribution in [0, 0.1) is 18.2 Å². The third kappa shape index (κ3) is 4.19. The summed E-state index contributed by atoms with van der Waals surface area (Å²) < 4.78 is 14.2. The lowest BCUT2D eigenvalue weighted by Gasteiger charge is -2.47. The maximum absolute atomic E-state index is 14.2. The van der Waals surface area contributed by atoms with Crippen LogP contribution in [-0.4, -0.2) is 41.2 Å². The normalized spacial score (nSPS) is 18.9. The van der Waals surface area contributed by atoms with Crippen molar-refractivity contribution in [2.24, 2.45) is 5.41 Å². The van der Waals surface area contributed by atoms with Crippen molar-refractivity contribution in [3.8, 4) is 0 Å². The van der Waals surface area contributed by atoms with E-state index in [9.17, 15) is 14.0 Å². The molecular weight excluding hydrogens is 367 g/mol. The van der Waals surface area contributed by atoms with Gasteiger partial charge in [-0.05, 0) is 54.9 Å². The largest absolute Gasteiger partial charge is 0.339 e. The van der Waals surface area contributed by atoms with E-state index in [2.05, 4.69) is 0 Å². The molecule has 29 heavy (non-hydrogen) atoms. The molecule has 2 saturated heterocycles. The van der Waals surface area contributed by atoms with E-state index in [4.69, 9.17) is 0 Å². The Morgan fingerprint density at radius 3 is 2.48 bits per heavy atom. The maximum Gasteiger partial charge on any atom is 0.256 e. The van der Waals surface area contributed by atoms with E-state index in [0.717, 1.165) is 36.9 Å². The average Bonchev–Trinajstić information content (AvgIpc) is 2.72. The van der Waals surface area contributed by atoms with Crippen LogP contribution in [0.15, 0.2) is 48.5 Å². The summed E-state index contributed by atoms with van der Waals surface area (Å²) in [6, 6.07) is 14.8. The number of halogens is 1. The molecule has 4 nitrogen and oxygen atoms in total. The zero-order valence-electron chi connectivity index (χ0n) is 16.9. The van der Waals surface area contributed by atoms with E-state index in [1.54, 1.807) is 17.0 Å². The highest BCUT2D eigenvalue weighted by molar-refractivity contribution is 5.94. The molecule has 2 fully saturated rings. The van der Waals surface area contributed by atoms with E-state index in [0.29, 0.717) is 26.1 Å². The number of hydrogen-bond acceptors (Lipinski definition) is 2. The number of carbonyl (C=O) groups excluding carboxylic acids is 2. The summed E-state index contributed by atoms with van der Waals surface area (Å²) in [7, 11) is 0. The number of carbonyl (C=O) groups is 2. The fraction of sp³-hybridized carbons (Fsp3) is 0.417. The first-order chi connectivity index (χ1) is 14.0. The van der Waals surface area contributed by atoms with Crippen LogP contribution in [0.4, 0.5) is 4.39 Å². The lowest BCUT2D eigenvalue weighted by atomic mass is 9.72. The number of benzene rings is 2. The molecule has 0 atom stereocenters. The van der Waals surface area contributed by atoms with Crippen LogP contribution < -0.4 is 0 Å². The molecule has 2 aromatic rings. The summed E-state index contributed by atoms with van der Waals surface area (Å²) in [5, 5.41) is 0. The van der Waals surface area contributed by atoms with Crippen LogP contribution in [0.5, 0.6) is 0 Å². The highest BCUT2D eigenvalue weighted by Gasteiger charge is 2.41. The Kier molecular flexibility index (Phi) is 5.39. The van der Waals surface area contributed by atoms with Crippen LogP contribution >= 0.6 is 0 Å². The Morgan fingerprint density at radius 1 is 1.07 bits per heavy atom. The number of piperidine rings is 2. The van der Waals surface area contributed by atoms with E-state index >= 15 is 0 Å². The topological polar surface area (TPSA) is 40.6 Å². The molecule has 0 radical (unpaired) electrons. The van der Waals surface area contributed by atoms with Gasteiger partial charge in [-0.25, -0.2) is 4.39 Å². The second-order valence-corrected chi connectivity index (χ2v) is 8.51. The van der Waals surface area contributed by atoms with Crippen LogP contribution in [0.2, 0.25) is 0 Å². The molecule has 152 valence electrons. The Morgan fingerprint density at radius 2 is 1.79 bits per heavy atom. The molecule has 0 unspecified atom stereocenters. The lowest BCUT2D eigenvalue weighted by Crippen LogP contribution is -2.52. The van der Waals surface area contributed by atoms with Crippen molar-refractivity contribution in [3.05, 3.63) is 71.0 Å². The number of rotatable bonds is 3. The van der Waals surface area contributed by atoms with Crippen LogP contribution in [-0.2, 0) is 11.3 Å². The zero-order valence-corrected chi connectivity index (χ0v) is 16.9. The number of hydrogen-bond donors (Lipinski definition) is 0. The lowest BCUT2D eigenvalue weighted by molar-refractivity contribution is -0.139. The van der Waals surface area contributed by atoms with Crippen molar-refractivity contribution < 1.29 is 14.0 Å². The first-order valence-electron chi connectivity index (χ1n) is 10.3. The van der Waals surface area contributed by atoms with Crippen molar-refractivity contribution in [1.29, 1.82) is 0 Å². The Labute approximate surface area is 171 Å². The maximum atomic E-state index is 14.2. The Balaban J connectivity index is 1.41. The highest BCUT2D eigenvalue weighted by atomic mass is 19.1. The molecule has 4 rings (SSSR count). The van der Waals surface area contributed by atoms with Crippen LogP contribution in [0.25, 0.3) is 0 Å². The molecule has 0 aliphatic carbocycles. The molecule has 0 bridgehead atoms. The van der Waals surface area contributed by atoms with Gasteiger partial charge in [0.2, 0.25) is 5.91 Å². The van der Waals surface area contributed by atoms with Gasteiger partial charge >= 0.3 is 0 Å². The minimum absolute atomic E-state index is 0.0608. The Hall–Kier alpha value is -2.69. The smallest absolute Gasteiger partial charge is 0.256 e. The average molecular weight is 394 g/mol. The van der Waals surface area contributed by atoms with Gasteiger partial charge in [0.25, 0.3) is 5.91 Å². The third-order valence-corrected chi connectivity index (χ3v) is 6.43. The molecular formula is C24H27FN2O2. The van der Waals surface area contributed by atoms with Gasteiger partial charge in [0.05, 0.1) is 5.56 Å². The standard InChI is InChI=1S/C24H27FN2O2/c1-18-7-8-20(21(25)15-18)23(29)26-13-11-24(12-14-26)10-9-22(28)27(17-24)16-19-5-3-2-4-6-19/h2-8,15H,9-14,16-17H2,1H3. The molecule has 2 amide bonds. The van der Waals surface area contributed by atoms with Gasteiger partial charge in [-0.2, -0.15) is 0 Å². The second-order valence-electron chi connectivity index (χ2n) is 8.51. The molecule has 5 heteroatoms. The first kappa shape index (κ1) is 19.6. The number of amides is 2. The molecule has 0 saturated carbocycles. The highest BCUT2D eigenvalue weighted by Crippen LogP contribution is 2.41. The summed E-state index contributed by atoms with van der Waals surface area (Å²) in [6.45, 7) is 4.41. The van der Waals surface area contributed by atoms with Gasteiger partial charge in [-0.3, -0.25) is 9.59 Å². The molecule has 1 spiro atoms. The summed E-state index contributed by atoms with van der Waals surface area (Å²) in [5.74, 6) is -0.474. The fourth-order valence-corrected chi connectivity index (χ4v) is 4.61. The molecule has 2 aliphatic heterocycles. The Bertz CT molecular complexity index is 904. The van der Waals surface area contributed by atoms with E-state index < -0.39 is 5.82 Å². The predicted octanol–water partition coefficient (Wildman–Crippen LogP) is 4.18. The van der Waals surface area contributed by atoms with Crippen molar-refractivity contribution in [2.45, 2.75) is 39.2 Å². The van der Waals surface area contributed by atoms with Crippen LogP contribution in [0.3, 0.4) is 0 Å². The number of nitrogens with zero attached hydrogens (tertiary/aromatic N) is 2. The summed E-state index contributed by atoms with van der Waals surface area (Å²) in [4.78, 5) is 29.0. The predicted molar refractivity (Wildman–Crippen MR) is 110 cm³/mol. The quantitative estimate of drug-likeness (QED) is 0.784. The minimum Gasteiger partial charge on any atom is -0.339 e. The third-order valence-electron chi connectivity index (χ3n) is 6.43. The van der Waals surface area contributed by atoms with E-state index in [1.807, 2.05) is 42.2 Å². The molecule has 2 aromatic carbocycles. The molecule has 0 N–H and O–H groups in total. The van der Waals surface area contributed by atoms with Gasteiger partial charge < -0.3 is 9.80 Å². The number of aryl methyl sites for hydroxylation is 1. The van der Waals surface area contributed by atoms with Gasteiger partial charge in [0, 0.05) is 32.6 Å². The molecule has 0 aromatic heterocycles. The van der Waals surface area contributed by atoms with Crippen molar-refractivity contribution in [3.63, 3.8) is 0 Å². The zero-order chi connectivity index (χ0) is 20.4. The van der Waals surface area contributed by atoms with E-state index in [1.165, 1.54) is 6.07 Å². The van der Waals surface area contributed by atoms with Crippen molar-refractivity contribution in [2.75, 3.05) is 19.6 Å². The fourth-order valence-electron chi connectivity index (χ4n) is 4.61. The summed E-state index contributed by atoms with van der Waals surface area (Å²) >= 11 is 0. The summed E-state index contributed by atoms with van der Waals surface area (Å²) in [6.07, 6.45) is 3.14. The monoisotopic (exact) mass is 394 g/mol. The van der Waals surface area contributed by atoms with Gasteiger partial charge in [0.15, 0.2) is 0 Å². The van der Waals surface area contributed by atoms with Gasteiger partial charge in [0.1, 0.15) is 5.82 Å². The van der Waals surface area contributed by atoms with Crippen LogP contribution in [0.1, 0.15) is 47.2 Å². The van der Waals surface area contributed by atoms with Gasteiger partial charge in [-0.1, -0.05) is 36.4 Å². The SMILES string of the molecule is Cc1ccc(C(=O)N2CCC3(CCC(=O)N(Cc4ccccc4)C3)CC2)c(F)c1. The molecule has 2 heterocycles. The number of likely N-dealkylation sites (tertiary alicyclic amines) is 2. The summed E-state index contributed by atoms with van der Waals surface area (Å²) in [5.41, 5.74) is 2.16. The minimum atomic E-state index is -0.451. The second kappa shape index (κ2) is 7.97.